The summed E-state index contributed by atoms with van der Waals surface area (Å²) in [4.78, 5) is 15.4. The van der Waals surface area contributed by atoms with Crippen molar-refractivity contribution in [3.8, 4) is 0 Å². The van der Waals surface area contributed by atoms with Crippen molar-refractivity contribution in [2.24, 2.45) is 5.92 Å². The highest BCUT2D eigenvalue weighted by atomic mass is 19.1. The number of anilines is 1. The van der Waals surface area contributed by atoms with Gasteiger partial charge in [-0.2, -0.15) is 0 Å². The van der Waals surface area contributed by atoms with Crippen LogP contribution >= 0.6 is 0 Å². The molecule has 4 nitrogen and oxygen atoms in total. The number of fused-ring (bicyclic) bond motifs is 3. The predicted octanol–water partition coefficient (Wildman–Crippen LogP) is 5.80. The minimum atomic E-state index is -0.219. The fourth-order valence-corrected chi connectivity index (χ4v) is 4.98. The molecule has 0 bridgehead atoms. The number of hydrogen-bond donors (Lipinski definition) is 1. The highest BCUT2D eigenvalue weighted by Crippen LogP contribution is 2.31. The normalized spacial score (nSPS) is 17.1. The second kappa shape index (κ2) is 8.75. The highest BCUT2D eigenvalue weighted by Gasteiger charge is 2.26. The largest absolute Gasteiger partial charge is 0.341 e. The van der Waals surface area contributed by atoms with Gasteiger partial charge in [0.15, 0.2) is 0 Å². The van der Waals surface area contributed by atoms with Gasteiger partial charge in [0.2, 0.25) is 5.91 Å². The van der Waals surface area contributed by atoms with Gasteiger partial charge in [0.05, 0.1) is 5.92 Å². The average molecular weight is 430 g/mol. The lowest BCUT2D eigenvalue weighted by Gasteiger charge is -2.32. The first kappa shape index (κ1) is 20.7. The number of para-hydroxylation sites is 1. The molecular formula is C27H28FN3O. The summed E-state index contributed by atoms with van der Waals surface area (Å²) in [6, 6.07) is 21.3. The number of aryl methyl sites for hydroxylation is 1. The van der Waals surface area contributed by atoms with Crippen LogP contribution in [0.4, 0.5) is 10.1 Å². The molecule has 32 heavy (non-hydrogen) atoms. The van der Waals surface area contributed by atoms with E-state index in [1.165, 1.54) is 33.9 Å². The van der Waals surface area contributed by atoms with Crippen LogP contribution in [-0.2, 0) is 17.9 Å². The molecule has 4 aromatic rings. The van der Waals surface area contributed by atoms with Gasteiger partial charge in [0, 0.05) is 47.1 Å². The maximum absolute atomic E-state index is 13.2. The minimum absolute atomic E-state index is 0.0446. The maximum atomic E-state index is 13.2. The summed E-state index contributed by atoms with van der Waals surface area (Å²) < 4.78 is 15.5. The number of rotatable bonds is 5. The van der Waals surface area contributed by atoms with E-state index >= 15 is 0 Å². The molecule has 5 heteroatoms. The van der Waals surface area contributed by atoms with E-state index in [1.54, 1.807) is 0 Å². The molecule has 0 unspecified atom stereocenters. The summed E-state index contributed by atoms with van der Waals surface area (Å²) >= 11 is 0. The number of halogens is 1. The summed E-state index contributed by atoms with van der Waals surface area (Å²) in [5, 5.41) is 5.54. The number of nitrogens with one attached hydrogen (secondary N) is 1. The van der Waals surface area contributed by atoms with Crippen molar-refractivity contribution >= 4 is 33.4 Å². The van der Waals surface area contributed by atoms with Gasteiger partial charge in [-0.3, -0.25) is 9.69 Å². The first-order valence-electron chi connectivity index (χ1n) is 11.4. The van der Waals surface area contributed by atoms with Crippen molar-refractivity contribution in [1.29, 1.82) is 0 Å². The molecule has 1 aliphatic heterocycles. The van der Waals surface area contributed by atoms with Gasteiger partial charge in [-0.25, -0.2) is 4.39 Å². The molecule has 1 amide bonds. The van der Waals surface area contributed by atoms with Crippen LogP contribution in [0.2, 0.25) is 0 Å². The van der Waals surface area contributed by atoms with E-state index in [0.717, 1.165) is 50.3 Å². The van der Waals surface area contributed by atoms with Crippen molar-refractivity contribution in [3.63, 3.8) is 0 Å². The molecular weight excluding hydrogens is 401 g/mol. The Balaban J connectivity index is 1.32. The number of nitrogens with zero attached hydrogens (tertiary/aromatic N) is 2. The zero-order chi connectivity index (χ0) is 22.1. The average Bonchev–Trinajstić information content (AvgIpc) is 3.14. The number of hydrogen-bond acceptors (Lipinski definition) is 2. The molecule has 2 heterocycles. The molecule has 1 fully saturated rings. The number of aromatic nitrogens is 1. The quantitative estimate of drug-likeness (QED) is 0.435. The van der Waals surface area contributed by atoms with E-state index in [-0.39, 0.29) is 17.6 Å². The van der Waals surface area contributed by atoms with Crippen LogP contribution in [0.3, 0.4) is 0 Å². The second-order valence-electron chi connectivity index (χ2n) is 8.68. The van der Waals surface area contributed by atoms with Crippen LogP contribution in [0, 0.1) is 11.7 Å². The lowest BCUT2D eigenvalue weighted by Crippen LogP contribution is -2.40. The Morgan fingerprint density at radius 2 is 1.81 bits per heavy atom. The number of carbonyl (C=O) groups excluding carboxylic acids is 1. The Hall–Kier alpha value is -3.18. The van der Waals surface area contributed by atoms with Crippen LogP contribution in [0.15, 0.2) is 66.7 Å². The van der Waals surface area contributed by atoms with E-state index in [9.17, 15) is 9.18 Å². The van der Waals surface area contributed by atoms with Gasteiger partial charge in [0.1, 0.15) is 5.82 Å². The monoisotopic (exact) mass is 429 g/mol. The van der Waals surface area contributed by atoms with E-state index < -0.39 is 0 Å². The van der Waals surface area contributed by atoms with Gasteiger partial charge in [-0.05, 0) is 68.3 Å². The molecule has 1 aliphatic rings. The standard InChI is InChI=1S/C27H28FN3O/c1-2-31-25-8-4-3-7-23(25)24-16-22(13-14-26(24)31)29-27(32)20-6-5-15-30(18-20)17-19-9-11-21(28)12-10-19/h3-4,7-14,16,20H,2,5-6,15,17-18H2,1H3,(H,29,32)/t20-/m0/s1. The summed E-state index contributed by atoms with van der Waals surface area (Å²) in [6.45, 7) is 5.49. The predicted molar refractivity (Wildman–Crippen MR) is 128 cm³/mol. The van der Waals surface area contributed by atoms with E-state index in [1.807, 2.05) is 18.2 Å². The van der Waals surface area contributed by atoms with Gasteiger partial charge in [-0.15, -0.1) is 0 Å². The van der Waals surface area contributed by atoms with Crippen molar-refractivity contribution < 1.29 is 9.18 Å². The van der Waals surface area contributed by atoms with Crippen LogP contribution < -0.4 is 5.32 Å². The highest BCUT2D eigenvalue weighted by molar-refractivity contribution is 6.09. The van der Waals surface area contributed by atoms with Gasteiger partial charge in [0.25, 0.3) is 0 Å². The van der Waals surface area contributed by atoms with Crippen molar-refractivity contribution in [3.05, 3.63) is 78.1 Å². The minimum Gasteiger partial charge on any atom is -0.341 e. The molecule has 164 valence electrons. The number of carbonyl (C=O) groups is 1. The summed E-state index contributed by atoms with van der Waals surface area (Å²) in [5.41, 5.74) is 4.33. The van der Waals surface area contributed by atoms with E-state index in [2.05, 4.69) is 58.1 Å². The Bertz CT molecular complexity index is 1260. The molecule has 0 aliphatic carbocycles. The molecule has 1 aromatic heterocycles. The summed E-state index contributed by atoms with van der Waals surface area (Å²) in [6.07, 6.45) is 1.88. The molecule has 1 saturated heterocycles. The fourth-order valence-electron chi connectivity index (χ4n) is 4.98. The molecule has 3 aromatic carbocycles. The van der Waals surface area contributed by atoms with Gasteiger partial charge in [-0.1, -0.05) is 30.3 Å². The molecule has 0 spiro atoms. The van der Waals surface area contributed by atoms with Crippen molar-refractivity contribution in [2.75, 3.05) is 18.4 Å². The molecule has 1 N–H and O–H groups in total. The third-order valence-electron chi connectivity index (χ3n) is 6.55. The number of amides is 1. The number of benzene rings is 3. The van der Waals surface area contributed by atoms with E-state index in [0.29, 0.717) is 0 Å². The number of likely N-dealkylation sites (tertiary alicyclic amines) is 1. The second-order valence-corrected chi connectivity index (χ2v) is 8.68. The Kier molecular flexibility index (Phi) is 5.66. The fraction of sp³-hybridized carbons (Fsp3) is 0.296. The first-order valence-corrected chi connectivity index (χ1v) is 11.4. The SMILES string of the molecule is CCn1c2ccccc2c2cc(NC(=O)[C@H]3CCCN(Cc4ccc(F)cc4)C3)ccc21. The molecule has 0 saturated carbocycles. The third-order valence-corrected chi connectivity index (χ3v) is 6.55. The first-order chi connectivity index (χ1) is 15.6. The molecule has 0 radical (unpaired) electrons. The maximum Gasteiger partial charge on any atom is 0.228 e. The van der Waals surface area contributed by atoms with Crippen molar-refractivity contribution in [2.45, 2.75) is 32.9 Å². The zero-order valence-corrected chi connectivity index (χ0v) is 18.4. The third kappa shape index (κ3) is 4.00. The molecule has 1 atom stereocenters. The van der Waals surface area contributed by atoms with Crippen LogP contribution in [0.25, 0.3) is 21.8 Å². The van der Waals surface area contributed by atoms with Crippen molar-refractivity contribution in [1.82, 2.24) is 9.47 Å². The smallest absolute Gasteiger partial charge is 0.228 e. The zero-order valence-electron chi connectivity index (χ0n) is 18.4. The van der Waals surface area contributed by atoms with E-state index in [4.69, 9.17) is 0 Å². The Morgan fingerprint density at radius 1 is 1.03 bits per heavy atom. The Morgan fingerprint density at radius 3 is 2.62 bits per heavy atom. The molecule has 5 rings (SSSR count). The van der Waals surface area contributed by atoms with Crippen LogP contribution in [0.5, 0.6) is 0 Å². The lowest BCUT2D eigenvalue weighted by molar-refractivity contribution is -0.121. The van der Waals surface area contributed by atoms with Gasteiger partial charge >= 0.3 is 0 Å². The summed E-state index contributed by atoms with van der Waals surface area (Å²) in [7, 11) is 0. The number of piperidine rings is 1. The van der Waals surface area contributed by atoms with Crippen LogP contribution in [-0.4, -0.2) is 28.5 Å². The van der Waals surface area contributed by atoms with Crippen LogP contribution in [0.1, 0.15) is 25.3 Å². The summed E-state index contributed by atoms with van der Waals surface area (Å²) in [5.74, 6) is -0.187. The topological polar surface area (TPSA) is 37.3 Å². The van der Waals surface area contributed by atoms with Gasteiger partial charge < -0.3 is 9.88 Å². The Labute approximate surface area is 187 Å². The lowest BCUT2D eigenvalue weighted by atomic mass is 9.96.